The molecule has 1 aliphatic heterocycles. The van der Waals surface area contributed by atoms with Crippen LogP contribution in [0.3, 0.4) is 0 Å². The lowest BCUT2D eigenvalue weighted by Gasteiger charge is -2.33. The van der Waals surface area contributed by atoms with E-state index in [1.165, 1.54) is 5.56 Å². The van der Waals surface area contributed by atoms with E-state index in [1.807, 2.05) is 18.6 Å². The lowest BCUT2D eigenvalue weighted by Crippen LogP contribution is -2.44. The molecule has 0 aromatic carbocycles. The van der Waals surface area contributed by atoms with Crippen LogP contribution in [0, 0.1) is 0 Å². The van der Waals surface area contributed by atoms with Crippen molar-refractivity contribution in [2.45, 2.75) is 0 Å². The van der Waals surface area contributed by atoms with Crippen LogP contribution in [-0.2, 0) is 0 Å². The number of nitrogens with zero attached hydrogens (tertiary/aromatic N) is 4. The van der Waals surface area contributed by atoms with Crippen LogP contribution >= 0.6 is 0 Å². The molecule has 0 unspecified atom stereocenters. The van der Waals surface area contributed by atoms with Crippen LogP contribution in [0.4, 0.5) is 5.82 Å². The van der Waals surface area contributed by atoms with E-state index < -0.39 is 0 Å². The third kappa shape index (κ3) is 2.44. The van der Waals surface area contributed by atoms with E-state index in [0.29, 0.717) is 0 Å². The number of hydrogen-bond acceptors (Lipinski definition) is 4. The predicted octanol–water partition coefficient (Wildman–Crippen LogP) is 2.38. The van der Waals surface area contributed by atoms with Gasteiger partial charge in [-0.25, -0.2) is 9.97 Å². The Morgan fingerprint density at radius 1 is 1.00 bits per heavy atom. The summed E-state index contributed by atoms with van der Waals surface area (Å²) in [6.07, 6.45) is 5.73. The summed E-state index contributed by atoms with van der Waals surface area (Å²) in [6.45, 7) is 4.23. The highest BCUT2D eigenvalue weighted by Gasteiger charge is 2.15. The zero-order chi connectivity index (χ0) is 14.9. The standard InChI is InChI=1S/C17H19N5/c1-21-6-8-22(9-7-21)16-11-13(2-4-18-16)15-10-14-3-5-19-17(14)20-12-15/h2-5,10-12H,6-9H2,1H3,(H,19,20). The molecule has 4 heterocycles. The molecule has 1 N–H and O–H groups in total. The highest BCUT2D eigenvalue weighted by Crippen LogP contribution is 2.25. The summed E-state index contributed by atoms with van der Waals surface area (Å²) in [5, 5.41) is 1.13. The van der Waals surface area contributed by atoms with Crippen molar-refractivity contribution in [1.29, 1.82) is 0 Å². The Morgan fingerprint density at radius 3 is 2.73 bits per heavy atom. The van der Waals surface area contributed by atoms with Crippen molar-refractivity contribution in [1.82, 2.24) is 19.9 Å². The fourth-order valence-electron chi connectivity index (χ4n) is 2.90. The van der Waals surface area contributed by atoms with Gasteiger partial charge < -0.3 is 14.8 Å². The first-order valence-electron chi connectivity index (χ1n) is 7.63. The van der Waals surface area contributed by atoms with E-state index in [4.69, 9.17) is 0 Å². The Bertz CT molecular complexity index is 786. The number of aromatic amines is 1. The number of anilines is 1. The zero-order valence-electron chi connectivity index (χ0n) is 12.7. The van der Waals surface area contributed by atoms with E-state index in [-0.39, 0.29) is 0 Å². The summed E-state index contributed by atoms with van der Waals surface area (Å²) < 4.78 is 0. The Kier molecular flexibility index (Phi) is 3.27. The molecule has 1 fully saturated rings. The molecule has 0 atom stereocenters. The number of H-pyrrole nitrogens is 1. The molecule has 0 bridgehead atoms. The van der Waals surface area contributed by atoms with Crippen LogP contribution in [-0.4, -0.2) is 53.1 Å². The third-order valence-corrected chi connectivity index (χ3v) is 4.31. The minimum absolute atomic E-state index is 0.928. The summed E-state index contributed by atoms with van der Waals surface area (Å²) in [5.74, 6) is 1.06. The van der Waals surface area contributed by atoms with Gasteiger partial charge in [0.2, 0.25) is 0 Å². The molecule has 1 aliphatic rings. The SMILES string of the molecule is CN1CCN(c2cc(-c3cnc4[nH]ccc4c3)ccn2)CC1. The van der Waals surface area contributed by atoms with Crippen LogP contribution in [0.2, 0.25) is 0 Å². The molecular weight excluding hydrogens is 274 g/mol. The summed E-state index contributed by atoms with van der Waals surface area (Å²) in [4.78, 5) is 16.9. The van der Waals surface area contributed by atoms with Gasteiger partial charge in [-0.15, -0.1) is 0 Å². The van der Waals surface area contributed by atoms with Crippen molar-refractivity contribution in [3.8, 4) is 11.1 Å². The number of nitrogens with one attached hydrogen (secondary N) is 1. The Balaban J connectivity index is 1.66. The summed E-state index contributed by atoms with van der Waals surface area (Å²) >= 11 is 0. The highest BCUT2D eigenvalue weighted by molar-refractivity contribution is 5.81. The molecule has 3 aromatic rings. The molecule has 112 valence electrons. The molecule has 0 aliphatic carbocycles. The maximum absolute atomic E-state index is 4.55. The molecule has 0 amide bonds. The molecule has 22 heavy (non-hydrogen) atoms. The van der Waals surface area contributed by atoms with Crippen LogP contribution in [0.15, 0.2) is 42.9 Å². The lowest BCUT2D eigenvalue weighted by atomic mass is 10.1. The van der Waals surface area contributed by atoms with Gasteiger partial charge in [0.05, 0.1) is 0 Å². The molecule has 4 rings (SSSR count). The van der Waals surface area contributed by atoms with E-state index in [1.54, 1.807) is 0 Å². The van der Waals surface area contributed by atoms with Crippen LogP contribution < -0.4 is 4.90 Å². The van der Waals surface area contributed by atoms with Crippen molar-refractivity contribution in [3.05, 3.63) is 42.9 Å². The maximum Gasteiger partial charge on any atom is 0.137 e. The molecular formula is C17H19N5. The fourth-order valence-corrected chi connectivity index (χ4v) is 2.90. The zero-order valence-corrected chi connectivity index (χ0v) is 12.7. The largest absolute Gasteiger partial charge is 0.354 e. The second-order valence-corrected chi connectivity index (χ2v) is 5.83. The van der Waals surface area contributed by atoms with Crippen LogP contribution in [0.25, 0.3) is 22.2 Å². The van der Waals surface area contributed by atoms with Crippen LogP contribution in [0.1, 0.15) is 0 Å². The minimum Gasteiger partial charge on any atom is -0.354 e. The number of rotatable bonds is 2. The minimum atomic E-state index is 0.928. The number of fused-ring (bicyclic) bond motifs is 1. The number of likely N-dealkylation sites (N-methyl/N-ethyl adjacent to an activating group) is 1. The Morgan fingerprint density at radius 2 is 1.86 bits per heavy atom. The monoisotopic (exact) mass is 293 g/mol. The quantitative estimate of drug-likeness (QED) is 0.788. The second kappa shape index (κ2) is 5.42. The van der Waals surface area contributed by atoms with E-state index in [0.717, 1.165) is 48.6 Å². The van der Waals surface area contributed by atoms with Crippen molar-refractivity contribution in [2.75, 3.05) is 38.1 Å². The van der Waals surface area contributed by atoms with Crippen molar-refractivity contribution < 1.29 is 0 Å². The van der Waals surface area contributed by atoms with Crippen molar-refractivity contribution >= 4 is 16.9 Å². The molecule has 0 saturated carbocycles. The average Bonchev–Trinajstić information content (AvgIpc) is 3.03. The van der Waals surface area contributed by atoms with E-state index >= 15 is 0 Å². The smallest absolute Gasteiger partial charge is 0.137 e. The molecule has 5 heteroatoms. The van der Waals surface area contributed by atoms with Gasteiger partial charge in [0, 0.05) is 55.7 Å². The normalized spacial score (nSPS) is 16.3. The van der Waals surface area contributed by atoms with E-state index in [9.17, 15) is 0 Å². The van der Waals surface area contributed by atoms with Gasteiger partial charge in [0.1, 0.15) is 11.5 Å². The topological polar surface area (TPSA) is 48.0 Å². The predicted molar refractivity (Wildman–Crippen MR) is 89.0 cm³/mol. The number of piperazine rings is 1. The van der Waals surface area contributed by atoms with Crippen LogP contribution in [0.5, 0.6) is 0 Å². The van der Waals surface area contributed by atoms with Gasteiger partial charge in [-0.2, -0.15) is 0 Å². The number of aromatic nitrogens is 3. The van der Waals surface area contributed by atoms with E-state index in [2.05, 4.69) is 56.1 Å². The first-order chi connectivity index (χ1) is 10.8. The van der Waals surface area contributed by atoms with Gasteiger partial charge in [-0.1, -0.05) is 0 Å². The molecule has 5 nitrogen and oxygen atoms in total. The van der Waals surface area contributed by atoms with Crippen molar-refractivity contribution in [3.63, 3.8) is 0 Å². The maximum atomic E-state index is 4.55. The highest BCUT2D eigenvalue weighted by atomic mass is 15.3. The first kappa shape index (κ1) is 13.3. The summed E-state index contributed by atoms with van der Waals surface area (Å²) in [6, 6.07) is 8.44. The third-order valence-electron chi connectivity index (χ3n) is 4.31. The Labute approximate surface area is 129 Å². The van der Waals surface area contributed by atoms with Crippen molar-refractivity contribution in [2.24, 2.45) is 0 Å². The summed E-state index contributed by atoms with van der Waals surface area (Å²) in [7, 11) is 2.17. The lowest BCUT2D eigenvalue weighted by molar-refractivity contribution is 0.312. The van der Waals surface area contributed by atoms with Gasteiger partial charge in [-0.3, -0.25) is 0 Å². The molecule has 0 radical (unpaired) electrons. The second-order valence-electron chi connectivity index (χ2n) is 5.83. The van der Waals surface area contributed by atoms with Gasteiger partial charge >= 0.3 is 0 Å². The fraction of sp³-hybridized carbons (Fsp3) is 0.294. The molecule has 1 saturated heterocycles. The number of pyridine rings is 2. The summed E-state index contributed by atoms with van der Waals surface area (Å²) in [5.41, 5.74) is 3.22. The van der Waals surface area contributed by atoms with Gasteiger partial charge in [0.15, 0.2) is 0 Å². The van der Waals surface area contributed by atoms with Gasteiger partial charge in [0.25, 0.3) is 0 Å². The molecule has 0 spiro atoms. The first-order valence-corrected chi connectivity index (χ1v) is 7.63. The average molecular weight is 293 g/mol. The molecule has 3 aromatic heterocycles. The van der Waals surface area contributed by atoms with Gasteiger partial charge in [-0.05, 0) is 36.9 Å². The Hall–Kier alpha value is -2.40. The number of hydrogen-bond donors (Lipinski definition) is 1.